The van der Waals surface area contributed by atoms with E-state index in [0.717, 1.165) is 32.7 Å². The molecule has 1 fully saturated rings. The number of likely N-dealkylation sites (N-methyl/N-ethyl adjacent to an activating group) is 1. The van der Waals surface area contributed by atoms with Crippen LogP contribution in [0.3, 0.4) is 0 Å². The fraction of sp³-hybridized carbons (Fsp3) is 0.571. The van der Waals surface area contributed by atoms with Crippen LogP contribution in [0.1, 0.15) is 11.1 Å². The Morgan fingerprint density at radius 1 is 1.35 bits per heavy atom. The number of piperazine rings is 1. The Hall–Kier alpha value is -0.900. The highest BCUT2D eigenvalue weighted by Gasteiger charge is 2.15. The highest BCUT2D eigenvalue weighted by molar-refractivity contribution is 5.21. The van der Waals surface area contributed by atoms with E-state index < -0.39 is 0 Å². The second-order valence-corrected chi connectivity index (χ2v) is 5.03. The topological polar surface area (TPSA) is 27.3 Å². The highest BCUT2D eigenvalue weighted by Crippen LogP contribution is 2.02. The van der Waals surface area contributed by atoms with Gasteiger partial charge in [0.15, 0.2) is 0 Å². The van der Waals surface area contributed by atoms with Gasteiger partial charge >= 0.3 is 0 Å². The van der Waals surface area contributed by atoms with Gasteiger partial charge < -0.3 is 15.5 Å². The monoisotopic (exact) mass is 233 g/mol. The average Bonchev–Trinajstić information content (AvgIpc) is 2.32. The van der Waals surface area contributed by atoms with Gasteiger partial charge in [0.1, 0.15) is 0 Å². The van der Waals surface area contributed by atoms with Gasteiger partial charge in [-0.25, -0.2) is 0 Å². The Bertz CT molecular complexity index is 334. The van der Waals surface area contributed by atoms with Crippen LogP contribution >= 0.6 is 0 Å². The third-order valence-corrected chi connectivity index (χ3v) is 3.30. The molecule has 1 unspecified atom stereocenters. The Kier molecular flexibility index (Phi) is 4.54. The average molecular weight is 233 g/mol. The molecular formula is C14H23N3. The molecule has 1 aliphatic heterocycles. The number of aryl methyl sites for hydroxylation is 1. The van der Waals surface area contributed by atoms with Crippen LogP contribution in [0.25, 0.3) is 0 Å². The molecule has 0 aliphatic carbocycles. The van der Waals surface area contributed by atoms with Crippen molar-refractivity contribution < 1.29 is 0 Å². The van der Waals surface area contributed by atoms with Gasteiger partial charge in [0.05, 0.1) is 0 Å². The van der Waals surface area contributed by atoms with E-state index in [2.05, 4.69) is 53.8 Å². The molecule has 0 radical (unpaired) electrons. The third-order valence-electron chi connectivity index (χ3n) is 3.30. The van der Waals surface area contributed by atoms with Crippen molar-refractivity contribution in [2.75, 3.05) is 33.2 Å². The standard InChI is InChI=1S/C14H23N3/c1-12-3-5-13(6-4-12)9-15-10-14-11-17(2)8-7-16-14/h3-6,14-16H,7-11H2,1-2H3. The molecule has 1 atom stereocenters. The number of hydrogen-bond acceptors (Lipinski definition) is 3. The molecule has 2 rings (SSSR count). The molecule has 1 aliphatic rings. The zero-order chi connectivity index (χ0) is 12.1. The van der Waals surface area contributed by atoms with Crippen LogP contribution in [-0.2, 0) is 6.54 Å². The first-order valence-electron chi connectivity index (χ1n) is 6.42. The molecule has 3 heteroatoms. The van der Waals surface area contributed by atoms with E-state index in [1.54, 1.807) is 0 Å². The molecular weight excluding hydrogens is 210 g/mol. The van der Waals surface area contributed by atoms with Crippen LogP contribution in [0.2, 0.25) is 0 Å². The molecule has 1 heterocycles. The summed E-state index contributed by atoms with van der Waals surface area (Å²) < 4.78 is 0. The van der Waals surface area contributed by atoms with Gasteiger partial charge in [-0.2, -0.15) is 0 Å². The van der Waals surface area contributed by atoms with Crippen LogP contribution < -0.4 is 10.6 Å². The molecule has 0 amide bonds. The molecule has 3 nitrogen and oxygen atoms in total. The smallest absolute Gasteiger partial charge is 0.0320 e. The third kappa shape index (κ3) is 4.11. The van der Waals surface area contributed by atoms with Crippen molar-refractivity contribution in [2.24, 2.45) is 0 Å². The van der Waals surface area contributed by atoms with Gasteiger partial charge in [-0.05, 0) is 19.5 Å². The van der Waals surface area contributed by atoms with Crippen molar-refractivity contribution in [3.63, 3.8) is 0 Å². The van der Waals surface area contributed by atoms with E-state index in [-0.39, 0.29) is 0 Å². The first kappa shape index (κ1) is 12.6. The summed E-state index contributed by atoms with van der Waals surface area (Å²) in [6.07, 6.45) is 0. The number of nitrogens with one attached hydrogen (secondary N) is 2. The van der Waals surface area contributed by atoms with E-state index in [1.165, 1.54) is 11.1 Å². The SMILES string of the molecule is Cc1ccc(CNCC2CN(C)CCN2)cc1. The van der Waals surface area contributed by atoms with Crippen LogP contribution in [0, 0.1) is 6.92 Å². The lowest BCUT2D eigenvalue weighted by Crippen LogP contribution is -2.52. The van der Waals surface area contributed by atoms with Crippen LogP contribution in [-0.4, -0.2) is 44.2 Å². The summed E-state index contributed by atoms with van der Waals surface area (Å²) in [5.74, 6) is 0. The van der Waals surface area contributed by atoms with Crippen molar-refractivity contribution in [3.8, 4) is 0 Å². The normalized spacial score (nSPS) is 21.6. The molecule has 0 saturated carbocycles. The summed E-state index contributed by atoms with van der Waals surface area (Å²) in [6, 6.07) is 9.32. The van der Waals surface area contributed by atoms with Gasteiger partial charge in [-0.3, -0.25) is 0 Å². The van der Waals surface area contributed by atoms with Crippen molar-refractivity contribution in [2.45, 2.75) is 19.5 Å². The quantitative estimate of drug-likeness (QED) is 0.812. The van der Waals surface area contributed by atoms with E-state index >= 15 is 0 Å². The van der Waals surface area contributed by atoms with Gasteiger partial charge in [-0.15, -0.1) is 0 Å². The van der Waals surface area contributed by atoms with Crippen molar-refractivity contribution in [1.82, 2.24) is 15.5 Å². The lowest BCUT2D eigenvalue weighted by molar-refractivity contribution is 0.235. The molecule has 17 heavy (non-hydrogen) atoms. The Labute approximate surface area is 104 Å². The Balaban J connectivity index is 1.70. The van der Waals surface area contributed by atoms with E-state index in [4.69, 9.17) is 0 Å². The van der Waals surface area contributed by atoms with Gasteiger partial charge in [0.2, 0.25) is 0 Å². The number of nitrogens with zero attached hydrogens (tertiary/aromatic N) is 1. The minimum atomic E-state index is 0.583. The molecule has 1 aromatic carbocycles. The zero-order valence-corrected chi connectivity index (χ0v) is 10.9. The summed E-state index contributed by atoms with van der Waals surface area (Å²) >= 11 is 0. The lowest BCUT2D eigenvalue weighted by Gasteiger charge is -2.31. The minimum Gasteiger partial charge on any atom is -0.311 e. The number of rotatable bonds is 4. The van der Waals surface area contributed by atoms with Crippen LogP contribution in [0.4, 0.5) is 0 Å². The van der Waals surface area contributed by atoms with Gasteiger partial charge in [0.25, 0.3) is 0 Å². The van der Waals surface area contributed by atoms with Crippen molar-refractivity contribution in [3.05, 3.63) is 35.4 Å². The van der Waals surface area contributed by atoms with Crippen LogP contribution in [0.5, 0.6) is 0 Å². The predicted octanol–water partition coefficient (Wildman–Crippen LogP) is 0.988. The van der Waals surface area contributed by atoms with Gasteiger partial charge in [0, 0.05) is 38.8 Å². The van der Waals surface area contributed by atoms with E-state index in [0.29, 0.717) is 6.04 Å². The first-order valence-corrected chi connectivity index (χ1v) is 6.42. The fourth-order valence-electron chi connectivity index (χ4n) is 2.22. The number of hydrogen-bond donors (Lipinski definition) is 2. The summed E-state index contributed by atoms with van der Waals surface area (Å²) in [4.78, 5) is 2.38. The summed E-state index contributed by atoms with van der Waals surface area (Å²) in [5.41, 5.74) is 2.68. The van der Waals surface area contributed by atoms with E-state index in [1.807, 2.05) is 0 Å². The molecule has 94 valence electrons. The highest BCUT2D eigenvalue weighted by atomic mass is 15.2. The molecule has 1 saturated heterocycles. The van der Waals surface area contributed by atoms with Gasteiger partial charge in [-0.1, -0.05) is 29.8 Å². The van der Waals surface area contributed by atoms with Crippen LogP contribution in [0.15, 0.2) is 24.3 Å². The molecule has 0 spiro atoms. The molecule has 0 bridgehead atoms. The second kappa shape index (κ2) is 6.15. The summed E-state index contributed by atoms with van der Waals surface area (Å²) in [6.45, 7) is 7.53. The summed E-state index contributed by atoms with van der Waals surface area (Å²) in [5, 5.41) is 7.06. The van der Waals surface area contributed by atoms with Crippen molar-refractivity contribution in [1.29, 1.82) is 0 Å². The minimum absolute atomic E-state index is 0.583. The maximum absolute atomic E-state index is 3.54. The predicted molar refractivity (Wildman–Crippen MR) is 72.2 cm³/mol. The Morgan fingerprint density at radius 2 is 2.12 bits per heavy atom. The summed E-state index contributed by atoms with van der Waals surface area (Å²) in [7, 11) is 2.19. The lowest BCUT2D eigenvalue weighted by atomic mass is 10.1. The molecule has 2 N–H and O–H groups in total. The largest absolute Gasteiger partial charge is 0.311 e. The van der Waals surface area contributed by atoms with Crippen molar-refractivity contribution >= 4 is 0 Å². The zero-order valence-electron chi connectivity index (χ0n) is 10.9. The maximum Gasteiger partial charge on any atom is 0.0320 e. The second-order valence-electron chi connectivity index (χ2n) is 5.03. The maximum atomic E-state index is 3.54. The fourth-order valence-corrected chi connectivity index (χ4v) is 2.22. The van der Waals surface area contributed by atoms with E-state index in [9.17, 15) is 0 Å². The molecule has 0 aromatic heterocycles. The number of benzene rings is 1. The first-order chi connectivity index (χ1) is 8.24. The molecule has 1 aromatic rings. The Morgan fingerprint density at radius 3 is 2.82 bits per heavy atom.